The topological polar surface area (TPSA) is 56.2 Å². The van der Waals surface area contributed by atoms with Gasteiger partial charge in [-0.15, -0.1) is 0 Å². The summed E-state index contributed by atoms with van der Waals surface area (Å²) in [6.07, 6.45) is 5.62. The van der Waals surface area contributed by atoms with Gasteiger partial charge in [-0.1, -0.05) is 18.7 Å². The molecule has 0 unspecified atom stereocenters. The summed E-state index contributed by atoms with van der Waals surface area (Å²) < 4.78 is 5.99. The van der Waals surface area contributed by atoms with Crippen molar-refractivity contribution in [2.24, 2.45) is 0 Å². The Morgan fingerprint density at radius 3 is 2.73 bits per heavy atom. The van der Waals surface area contributed by atoms with Crippen molar-refractivity contribution in [3.05, 3.63) is 63.4 Å². The number of fused-ring (bicyclic) bond motifs is 2. The van der Waals surface area contributed by atoms with Crippen molar-refractivity contribution in [2.45, 2.75) is 26.2 Å². The molecule has 2 N–H and O–H groups in total. The number of ketones is 1. The maximum Gasteiger partial charge on any atom is 0.197 e. The molecule has 1 aliphatic rings. The van der Waals surface area contributed by atoms with E-state index in [1.807, 2.05) is 45.1 Å². The lowest BCUT2D eigenvalue weighted by atomic mass is 9.72. The van der Waals surface area contributed by atoms with Crippen LogP contribution >= 0.6 is 0 Å². The van der Waals surface area contributed by atoms with E-state index < -0.39 is 5.41 Å². The van der Waals surface area contributed by atoms with Crippen molar-refractivity contribution in [1.29, 1.82) is 0 Å². The summed E-state index contributed by atoms with van der Waals surface area (Å²) in [5.74, 6) is 0.620. The number of carbonyl (C=O) groups excluding carboxylic acids is 1. The molecule has 0 saturated carbocycles. The predicted molar refractivity (Wildman–Crippen MR) is 89.2 cm³/mol. The van der Waals surface area contributed by atoms with Crippen LogP contribution in [-0.4, -0.2) is 5.78 Å². The minimum atomic E-state index is -0.428. The van der Waals surface area contributed by atoms with Crippen molar-refractivity contribution in [2.75, 3.05) is 5.73 Å². The van der Waals surface area contributed by atoms with Crippen molar-refractivity contribution in [3.63, 3.8) is 0 Å². The number of carbonyl (C=O) groups is 1. The molecule has 0 aliphatic heterocycles. The minimum Gasteiger partial charge on any atom is -0.459 e. The molecule has 3 heteroatoms. The Morgan fingerprint density at radius 2 is 2.05 bits per heavy atom. The lowest BCUT2D eigenvalue weighted by Crippen LogP contribution is -2.33. The highest BCUT2D eigenvalue weighted by molar-refractivity contribution is 6.13. The van der Waals surface area contributed by atoms with E-state index in [1.54, 1.807) is 12.1 Å². The van der Waals surface area contributed by atoms with Gasteiger partial charge < -0.3 is 10.2 Å². The largest absolute Gasteiger partial charge is 0.459 e. The number of benzene rings is 1. The van der Waals surface area contributed by atoms with Gasteiger partial charge in [-0.3, -0.25) is 4.79 Å². The first-order chi connectivity index (χ1) is 10.4. The van der Waals surface area contributed by atoms with Gasteiger partial charge >= 0.3 is 0 Å². The monoisotopic (exact) mass is 293 g/mol. The standard InChI is InChI=1S/C19H19NO2/c1-5-6-7-15-11(2)16-17(21)13-9-8-12(20)10-14(13)19(3,4)18(16)22-15/h5-10H,2,20H2,1,3-4H3/b6-5-,15-7+. The molecule has 22 heavy (non-hydrogen) atoms. The molecule has 112 valence electrons. The highest BCUT2D eigenvalue weighted by Crippen LogP contribution is 2.40. The quantitative estimate of drug-likeness (QED) is 0.822. The Bertz CT molecular complexity index is 914. The Kier molecular flexibility index (Phi) is 3.10. The first-order valence-electron chi connectivity index (χ1n) is 7.28. The van der Waals surface area contributed by atoms with Crippen LogP contribution in [0.4, 0.5) is 5.69 Å². The van der Waals surface area contributed by atoms with Crippen LogP contribution in [-0.2, 0) is 5.41 Å². The second-order valence-corrected chi connectivity index (χ2v) is 6.10. The third kappa shape index (κ3) is 1.86. The third-order valence-corrected chi connectivity index (χ3v) is 4.23. The molecule has 0 bridgehead atoms. The zero-order valence-electron chi connectivity index (χ0n) is 13.1. The van der Waals surface area contributed by atoms with Gasteiger partial charge in [-0.05, 0) is 50.6 Å². The molecule has 2 aromatic rings. The van der Waals surface area contributed by atoms with Crippen molar-refractivity contribution < 1.29 is 9.21 Å². The van der Waals surface area contributed by atoms with Crippen LogP contribution in [0.15, 0.2) is 34.8 Å². The van der Waals surface area contributed by atoms with Gasteiger partial charge in [0, 0.05) is 21.9 Å². The van der Waals surface area contributed by atoms with Crippen molar-refractivity contribution >= 4 is 24.1 Å². The summed E-state index contributed by atoms with van der Waals surface area (Å²) in [4.78, 5) is 12.8. The summed E-state index contributed by atoms with van der Waals surface area (Å²) >= 11 is 0. The lowest BCUT2D eigenvalue weighted by Gasteiger charge is -2.30. The molecule has 0 radical (unpaired) electrons. The van der Waals surface area contributed by atoms with Gasteiger partial charge in [-0.2, -0.15) is 0 Å². The minimum absolute atomic E-state index is 0.0433. The molecule has 1 aromatic carbocycles. The van der Waals surface area contributed by atoms with Crippen LogP contribution in [0.2, 0.25) is 0 Å². The van der Waals surface area contributed by atoms with Crippen LogP contribution in [0.3, 0.4) is 0 Å². The first kappa shape index (κ1) is 14.4. The predicted octanol–water partition coefficient (Wildman–Crippen LogP) is 2.50. The summed E-state index contributed by atoms with van der Waals surface area (Å²) in [5.41, 5.74) is 8.90. The van der Waals surface area contributed by atoms with Crippen LogP contribution < -0.4 is 16.4 Å². The Hall–Kier alpha value is -2.55. The van der Waals surface area contributed by atoms with E-state index >= 15 is 0 Å². The summed E-state index contributed by atoms with van der Waals surface area (Å²) in [7, 11) is 0. The molecular formula is C19H19NO2. The molecule has 0 spiro atoms. The van der Waals surface area contributed by atoms with Gasteiger partial charge in [0.15, 0.2) is 5.78 Å². The molecule has 1 aliphatic carbocycles. The van der Waals surface area contributed by atoms with Gasteiger partial charge in [0.25, 0.3) is 0 Å². The zero-order chi connectivity index (χ0) is 16.1. The van der Waals surface area contributed by atoms with E-state index in [2.05, 4.69) is 6.58 Å². The Balaban J connectivity index is 2.38. The average molecular weight is 293 g/mol. The highest BCUT2D eigenvalue weighted by Gasteiger charge is 2.40. The molecule has 1 aromatic heterocycles. The molecule has 0 fully saturated rings. The third-order valence-electron chi connectivity index (χ3n) is 4.23. The van der Waals surface area contributed by atoms with Gasteiger partial charge in [0.2, 0.25) is 0 Å². The van der Waals surface area contributed by atoms with E-state index in [9.17, 15) is 4.79 Å². The first-order valence-corrected chi connectivity index (χ1v) is 7.28. The Morgan fingerprint density at radius 1 is 1.32 bits per heavy atom. The SMILES string of the molecule is C=c1c2c(o/c1=C/C=C\C)C(C)(C)c1cc(N)ccc1C2=O. The maximum atomic E-state index is 12.8. The summed E-state index contributed by atoms with van der Waals surface area (Å²) in [5, 5.41) is 0.647. The van der Waals surface area contributed by atoms with Gasteiger partial charge in [0.1, 0.15) is 11.2 Å². The Labute approximate surface area is 129 Å². The number of nitrogen functional groups attached to an aromatic ring is 1. The number of hydrogen-bond donors (Lipinski definition) is 1. The zero-order valence-corrected chi connectivity index (χ0v) is 13.1. The van der Waals surface area contributed by atoms with Crippen LogP contribution in [0.5, 0.6) is 0 Å². The van der Waals surface area contributed by atoms with E-state index in [1.165, 1.54) is 0 Å². The fraction of sp³-hybridized carbons (Fsp3) is 0.211. The smallest absolute Gasteiger partial charge is 0.197 e. The lowest BCUT2D eigenvalue weighted by molar-refractivity contribution is 0.102. The van der Waals surface area contributed by atoms with Crippen molar-refractivity contribution in [1.82, 2.24) is 0 Å². The number of furan rings is 1. The summed E-state index contributed by atoms with van der Waals surface area (Å²) in [6, 6.07) is 5.41. The van der Waals surface area contributed by atoms with Gasteiger partial charge in [-0.25, -0.2) is 0 Å². The number of rotatable bonds is 1. The number of hydrogen-bond acceptors (Lipinski definition) is 3. The maximum absolute atomic E-state index is 12.8. The summed E-state index contributed by atoms with van der Waals surface area (Å²) in [6.45, 7) is 10.1. The van der Waals surface area contributed by atoms with Gasteiger partial charge in [0.05, 0.1) is 5.56 Å². The second kappa shape index (κ2) is 4.73. The molecular weight excluding hydrogens is 274 g/mol. The molecule has 1 heterocycles. The van der Waals surface area contributed by atoms with E-state index in [0.29, 0.717) is 33.2 Å². The van der Waals surface area contributed by atoms with E-state index in [0.717, 1.165) is 5.56 Å². The average Bonchev–Trinajstić information content (AvgIpc) is 2.81. The fourth-order valence-corrected chi connectivity index (χ4v) is 3.02. The number of nitrogens with two attached hydrogens (primary N) is 1. The van der Waals surface area contributed by atoms with Crippen LogP contribution in [0, 0.1) is 0 Å². The fourth-order valence-electron chi connectivity index (χ4n) is 3.02. The molecule has 3 nitrogen and oxygen atoms in total. The van der Waals surface area contributed by atoms with E-state index in [4.69, 9.17) is 10.2 Å². The molecule has 0 saturated heterocycles. The molecule has 0 amide bonds. The number of anilines is 1. The highest BCUT2D eigenvalue weighted by atomic mass is 16.3. The van der Waals surface area contributed by atoms with Crippen molar-refractivity contribution in [3.8, 4) is 0 Å². The van der Waals surface area contributed by atoms with Crippen LogP contribution in [0.1, 0.15) is 48.0 Å². The van der Waals surface area contributed by atoms with E-state index in [-0.39, 0.29) is 5.78 Å². The molecule has 3 rings (SSSR count). The number of allylic oxidation sites excluding steroid dienone is 2. The van der Waals surface area contributed by atoms with Crippen LogP contribution in [0.25, 0.3) is 12.7 Å². The second-order valence-electron chi connectivity index (χ2n) is 6.10. The normalized spacial score (nSPS) is 16.9. The molecule has 0 atom stereocenters.